The third-order valence-corrected chi connectivity index (χ3v) is 5.12. The zero-order valence-corrected chi connectivity index (χ0v) is 12.8. The van der Waals surface area contributed by atoms with Gasteiger partial charge in [-0.05, 0) is 48.8 Å². The maximum absolute atomic E-state index is 6.06. The summed E-state index contributed by atoms with van der Waals surface area (Å²) < 4.78 is 0. The highest BCUT2D eigenvalue weighted by atomic mass is 35.5. The standard InChI is InChI=1S/C15H22Cl2N2/c1-2-10-3-5-12(7-10)15(19-18)9-11-4-6-13(16)14(17)8-11/h4,6,8,10,12,15,19H,2-3,5,7,9,18H2,1H3. The highest BCUT2D eigenvalue weighted by Crippen LogP contribution is 2.36. The van der Waals surface area contributed by atoms with Crippen LogP contribution in [0.25, 0.3) is 0 Å². The van der Waals surface area contributed by atoms with E-state index in [1.54, 1.807) is 0 Å². The molecule has 1 aliphatic rings. The first-order chi connectivity index (χ1) is 9.13. The van der Waals surface area contributed by atoms with Crippen LogP contribution in [0, 0.1) is 11.8 Å². The molecule has 3 atom stereocenters. The molecule has 1 fully saturated rings. The zero-order valence-electron chi connectivity index (χ0n) is 11.3. The van der Waals surface area contributed by atoms with Crippen molar-refractivity contribution in [2.24, 2.45) is 17.7 Å². The third-order valence-electron chi connectivity index (χ3n) is 4.38. The van der Waals surface area contributed by atoms with E-state index in [1.807, 2.05) is 18.2 Å². The Morgan fingerprint density at radius 3 is 2.68 bits per heavy atom. The molecule has 0 aliphatic heterocycles. The molecule has 1 aromatic rings. The molecule has 2 nitrogen and oxygen atoms in total. The summed E-state index contributed by atoms with van der Waals surface area (Å²) in [6, 6.07) is 6.16. The highest BCUT2D eigenvalue weighted by molar-refractivity contribution is 6.42. The molecule has 0 radical (unpaired) electrons. The fraction of sp³-hybridized carbons (Fsp3) is 0.600. The van der Waals surface area contributed by atoms with Crippen molar-refractivity contribution >= 4 is 23.2 Å². The predicted octanol–water partition coefficient (Wildman–Crippen LogP) is 4.19. The minimum atomic E-state index is 0.328. The molecule has 0 heterocycles. The van der Waals surface area contributed by atoms with E-state index in [1.165, 1.54) is 31.2 Å². The maximum atomic E-state index is 6.06. The molecule has 106 valence electrons. The molecule has 1 aliphatic carbocycles. The Bertz CT molecular complexity index is 423. The maximum Gasteiger partial charge on any atom is 0.0595 e. The van der Waals surface area contributed by atoms with Gasteiger partial charge in [0.25, 0.3) is 0 Å². The number of rotatable bonds is 5. The summed E-state index contributed by atoms with van der Waals surface area (Å²) in [6.07, 6.45) is 6.08. The number of hydrazine groups is 1. The first-order valence-electron chi connectivity index (χ1n) is 7.04. The fourth-order valence-corrected chi connectivity index (χ4v) is 3.45. The van der Waals surface area contributed by atoms with E-state index in [0.717, 1.165) is 12.3 Å². The second-order valence-electron chi connectivity index (χ2n) is 5.57. The molecule has 19 heavy (non-hydrogen) atoms. The van der Waals surface area contributed by atoms with E-state index in [-0.39, 0.29) is 0 Å². The van der Waals surface area contributed by atoms with Crippen molar-refractivity contribution in [3.05, 3.63) is 33.8 Å². The molecule has 0 saturated heterocycles. The van der Waals surface area contributed by atoms with Crippen LogP contribution in [0.5, 0.6) is 0 Å². The highest BCUT2D eigenvalue weighted by Gasteiger charge is 2.29. The molecule has 2 rings (SSSR count). The zero-order chi connectivity index (χ0) is 13.8. The van der Waals surface area contributed by atoms with Gasteiger partial charge in [0.15, 0.2) is 0 Å². The van der Waals surface area contributed by atoms with E-state index in [4.69, 9.17) is 29.0 Å². The summed E-state index contributed by atoms with van der Waals surface area (Å²) in [5.74, 6) is 7.29. The largest absolute Gasteiger partial charge is 0.271 e. The Morgan fingerprint density at radius 2 is 2.11 bits per heavy atom. The van der Waals surface area contributed by atoms with Gasteiger partial charge >= 0.3 is 0 Å². The first-order valence-corrected chi connectivity index (χ1v) is 7.79. The molecule has 0 spiro atoms. The van der Waals surface area contributed by atoms with Crippen molar-refractivity contribution in [2.75, 3.05) is 0 Å². The van der Waals surface area contributed by atoms with Gasteiger partial charge in [-0.2, -0.15) is 0 Å². The van der Waals surface area contributed by atoms with E-state index in [9.17, 15) is 0 Å². The second kappa shape index (κ2) is 6.94. The van der Waals surface area contributed by atoms with Gasteiger partial charge in [0.05, 0.1) is 10.0 Å². The number of benzene rings is 1. The summed E-state index contributed by atoms with van der Waals surface area (Å²) in [7, 11) is 0. The van der Waals surface area contributed by atoms with E-state index in [0.29, 0.717) is 22.0 Å². The fourth-order valence-electron chi connectivity index (χ4n) is 3.13. The smallest absolute Gasteiger partial charge is 0.0595 e. The molecular weight excluding hydrogens is 279 g/mol. The molecule has 0 amide bonds. The van der Waals surface area contributed by atoms with Gasteiger partial charge in [0.1, 0.15) is 0 Å². The van der Waals surface area contributed by atoms with Crippen molar-refractivity contribution < 1.29 is 0 Å². The molecule has 4 heteroatoms. The van der Waals surface area contributed by atoms with Crippen molar-refractivity contribution in [1.82, 2.24) is 5.43 Å². The summed E-state index contributed by atoms with van der Waals surface area (Å²) in [4.78, 5) is 0. The van der Waals surface area contributed by atoms with Crippen LogP contribution in [0.3, 0.4) is 0 Å². The van der Waals surface area contributed by atoms with Gasteiger partial charge in [-0.3, -0.25) is 11.3 Å². The van der Waals surface area contributed by atoms with E-state index in [2.05, 4.69) is 12.3 Å². The quantitative estimate of drug-likeness (QED) is 0.632. The van der Waals surface area contributed by atoms with E-state index >= 15 is 0 Å². The summed E-state index contributed by atoms with van der Waals surface area (Å²) >= 11 is 12.0. The lowest BCUT2D eigenvalue weighted by molar-refractivity contribution is 0.348. The van der Waals surface area contributed by atoms with Crippen molar-refractivity contribution in [1.29, 1.82) is 0 Å². The van der Waals surface area contributed by atoms with Crippen LogP contribution in [0.1, 0.15) is 38.2 Å². The molecule has 1 aromatic carbocycles. The Morgan fingerprint density at radius 1 is 1.32 bits per heavy atom. The van der Waals surface area contributed by atoms with Crippen molar-refractivity contribution in [3.63, 3.8) is 0 Å². The molecular formula is C15H22Cl2N2. The van der Waals surface area contributed by atoms with Crippen LogP contribution in [-0.2, 0) is 6.42 Å². The Balaban J connectivity index is 2.00. The Hall–Kier alpha value is -0.280. The number of nitrogens with one attached hydrogen (secondary N) is 1. The van der Waals surface area contributed by atoms with Crippen LogP contribution in [0.15, 0.2) is 18.2 Å². The number of hydrogen-bond donors (Lipinski definition) is 2. The van der Waals surface area contributed by atoms with Crippen LogP contribution < -0.4 is 11.3 Å². The lowest BCUT2D eigenvalue weighted by Crippen LogP contribution is -2.41. The minimum Gasteiger partial charge on any atom is -0.271 e. The van der Waals surface area contributed by atoms with Crippen LogP contribution >= 0.6 is 23.2 Å². The summed E-state index contributed by atoms with van der Waals surface area (Å²) in [6.45, 7) is 2.27. The Labute approximate surface area is 125 Å². The lowest BCUT2D eigenvalue weighted by Gasteiger charge is -2.23. The SMILES string of the molecule is CCC1CCC(C(Cc2ccc(Cl)c(Cl)c2)NN)C1. The summed E-state index contributed by atoms with van der Waals surface area (Å²) in [5, 5.41) is 1.22. The lowest BCUT2D eigenvalue weighted by atomic mass is 9.91. The average molecular weight is 301 g/mol. The Kier molecular flexibility index (Phi) is 5.52. The first kappa shape index (κ1) is 15.1. The number of hydrogen-bond acceptors (Lipinski definition) is 2. The van der Waals surface area contributed by atoms with Gasteiger partial charge in [0, 0.05) is 6.04 Å². The number of halogens is 2. The molecule has 3 unspecified atom stereocenters. The number of nitrogens with two attached hydrogens (primary N) is 1. The van der Waals surface area contributed by atoms with Gasteiger partial charge in [-0.25, -0.2) is 0 Å². The third kappa shape index (κ3) is 3.85. The van der Waals surface area contributed by atoms with Gasteiger partial charge < -0.3 is 0 Å². The van der Waals surface area contributed by atoms with Crippen molar-refractivity contribution in [2.45, 2.75) is 45.1 Å². The van der Waals surface area contributed by atoms with E-state index < -0.39 is 0 Å². The normalized spacial score (nSPS) is 24.6. The topological polar surface area (TPSA) is 38.0 Å². The van der Waals surface area contributed by atoms with Crippen LogP contribution in [0.4, 0.5) is 0 Å². The summed E-state index contributed by atoms with van der Waals surface area (Å²) in [5.41, 5.74) is 4.19. The molecule has 1 saturated carbocycles. The monoisotopic (exact) mass is 300 g/mol. The molecule has 0 bridgehead atoms. The molecule has 0 aromatic heterocycles. The van der Waals surface area contributed by atoms with Crippen LogP contribution in [-0.4, -0.2) is 6.04 Å². The van der Waals surface area contributed by atoms with Crippen LogP contribution in [0.2, 0.25) is 10.0 Å². The van der Waals surface area contributed by atoms with Gasteiger partial charge in [-0.15, -0.1) is 0 Å². The van der Waals surface area contributed by atoms with Gasteiger partial charge in [-0.1, -0.05) is 49.0 Å². The molecule has 3 N–H and O–H groups in total. The minimum absolute atomic E-state index is 0.328. The average Bonchev–Trinajstić information content (AvgIpc) is 2.88. The van der Waals surface area contributed by atoms with Crippen molar-refractivity contribution in [3.8, 4) is 0 Å². The second-order valence-corrected chi connectivity index (χ2v) is 6.39. The van der Waals surface area contributed by atoms with Gasteiger partial charge in [0.2, 0.25) is 0 Å². The predicted molar refractivity (Wildman–Crippen MR) is 82.4 cm³/mol.